The van der Waals surface area contributed by atoms with Crippen molar-refractivity contribution in [1.29, 1.82) is 0 Å². The number of likely N-dealkylation sites (N-methyl/N-ethyl adjacent to an activating group) is 1. The molecule has 33 heavy (non-hydrogen) atoms. The van der Waals surface area contributed by atoms with Crippen molar-refractivity contribution in [3.05, 3.63) is 46.5 Å². The number of nitrogens with zero attached hydrogens (tertiary/aromatic N) is 4. The summed E-state index contributed by atoms with van der Waals surface area (Å²) < 4.78 is 2.16. The number of hydrogen-bond acceptors (Lipinski definition) is 5. The minimum absolute atomic E-state index is 0.0493. The van der Waals surface area contributed by atoms with E-state index in [9.17, 15) is 9.59 Å². The Hall–Kier alpha value is -2.71. The molecule has 3 aromatic rings. The molecule has 0 radical (unpaired) electrons. The maximum absolute atomic E-state index is 13.0. The molecule has 8 heteroatoms. The van der Waals surface area contributed by atoms with Gasteiger partial charge in [0, 0.05) is 42.8 Å². The minimum atomic E-state index is -0.121. The molecule has 1 aliphatic heterocycles. The molecule has 2 aliphatic rings. The van der Waals surface area contributed by atoms with Gasteiger partial charge >= 0.3 is 0 Å². The molecule has 1 saturated heterocycles. The third-order valence-electron chi connectivity index (χ3n) is 6.89. The van der Waals surface area contributed by atoms with Gasteiger partial charge in [0.15, 0.2) is 0 Å². The van der Waals surface area contributed by atoms with Gasteiger partial charge in [0.25, 0.3) is 11.8 Å². The lowest BCUT2D eigenvalue weighted by molar-refractivity contribution is 0.0664. The second kappa shape index (κ2) is 9.27. The topological polar surface area (TPSA) is 70.5 Å². The van der Waals surface area contributed by atoms with Gasteiger partial charge < -0.3 is 15.1 Å². The number of anilines is 1. The molecule has 3 heterocycles. The fraction of sp³-hybridized carbons (Fsp3) is 0.480. The molecule has 1 aliphatic carbocycles. The van der Waals surface area contributed by atoms with Gasteiger partial charge in [0.05, 0.1) is 16.6 Å². The zero-order valence-corrected chi connectivity index (χ0v) is 20.2. The standard InChI is InChI=1S/C25H31N5O2S/c1-17-21-16-22(33-25(21)30(27-17)20-6-4-3-5-7-20)23(31)26-19-10-8-18(9-11-19)24(32)29-14-12-28(2)13-15-29/h8-11,16,20H,3-7,12-15H2,1-2H3,(H,26,31). The largest absolute Gasteiger partial charge is 0.336 e. The first-order valence-corrected chi connectivity index (χ1v) is 12.7. The summed E-state index contributed by atoms with van der Waals surface area (Å²) in [6.07, 6.45) is 6.12. The van der Waals surface area contributed by atoms with Crippen LogP contribution in [0.1, 0.15) is 63.9 Å². The van der Waals surface area contributed by atoms with Crippen LogP contribution in [0.5, 0.6) is 0 Å². The lowest BCUT2D eigenvalue weighted by atomic mass is 9.96. The third-order valence-corrected chi connectivity index (χ3v) is 8.02. The van der Waals surface area contributed by atoms with E-state index < -0.39 is 0 Å². The predicted octanol–water partition coefficient (Wildman–Crippen LogP) is 4.55. The van der Waals surface area contributed by atoms with Gasteiger partial charge in [0.2, 0.25) is 0 Å². The summed E-state index contributed by atoms with van der Waals surface area (Å²) in [5.74, 6) is -0.0721. The van der Waals surface area contributed by atoms with E-state index in [-0.39, 0.29) is 11.8 Å². The maximum atomic E-state index is 13.0. The van der Waals surface area contributed by atoms with Gasteiger partial charge in [-0.2, -0.15) is 5.10 Å². The fourth-order valence-electron chi connectivity index (χ4n) is 4.84. The molecule has 0 spiro atoms. The van der Waals surface area contributed by atoms with Crippen LogP contribution in [-0.4, -0.2) is 64.6 Å². The van der Waals surface area contributed by atoms with Gasteiger partial charge in [-0.05, 0) is 57.1 Å². The average molecular weight is 466 g/mol. The van der Waals surface area contributed by atoms with E-state index in [4.69, 9.17) is 5.10 Å². The Morgan fingerprint density at radius 1 is 1.03 bits per heavy atom. The number of rotatable bonds is 4. The van der Waals surface area contributed by atoms with E-state index in [0.29, 0.717) is 22.2 Å². The van der Waals surface area contributed by atoms with Gasteiger partial charge in [-0.1, -0.05) is 19.3 Å². The van der Waals surface area contributed by atoms with Gasteiger partial charge in [-0.25, -0.2) is 0 Å². The van der Waals surface area contributed by atoms with E-state index in [0.717, 1.165) is 54.9 Å². The molecule has 2 fully saturated rings. The number of hydrogen-bond donors (Lipinski definition) is 1. The first-order chi connectivity index (χ1) is 16.0. The zero-order chi connectivity index (χ0) is 22.9. The van der Waals surface area contributed by atoms with Crippen molar-refractivity contribution in [3.8, 4) is 0 Å². The Labute approximate surface area is 198 Å². The summed E-state index contributed by atoms with van der Waals surface area (Å²) in [5, 5.41) is 8.85. The average Bonchev–Trinajstić information content (AvgIpc) is 3.41. The molecule has 0 atom stereocenters. The van der Waals surface area contributed by atoms with Crippen LogP contribution >= 0.6 is 11.3 Å². The van der Waals surface area contributed by atoms with Crippen LogP contribution in [0.2, 0.25) is 0 Å². The van der Waals surface area contributed by atoms with Gasteiger partial charge in [-0.15, -0.1) is 11.3 Å². The first-order valence-electron chi connectivity index (χ1n) is 11.9. The van der Waals surface area contributed by atoms with Gasteiger partial charge in [-0.3, -0.25) is 14.3 Å². The molecule has 174 valence electrons. The maximum Gasteiger partial charge on any atom is 0.265 e. The summed E-state index contributed by atoms with van der Waals surface area (Å²) in [5.41, 5.74) is 2.33. The quantitative estimate of drug-likeness (QED) is 0.614. The Morgan fingerprint density at radius 2 is 1.73 bits per heavy atom. The fourth-order valence-corrected chi connectivity index (χ4v) is 5.97. The SMILES string of the molecule is Cc1nn(C2CCCCC2)c2sc(C(=O)Nc3ccc(C(=O)N4CCN(C)CC4)cc3)cc12. The van der Waals surface area contributed by atoms with E-state index >= 15 is 0 Å². The van der Waals surface area contributed by atoms with Crippen LogP contribution in [-0.2, 0) is 0 Å². The second-order valence-corrected chi connectivity index (χ2v) is 10.3. The highest BCUT2D eigenvalue weighted by molar-refractivity contribution is 7.20. The van der Waals surface area contributed by atoms with Crippen LogP contribution in [0, 0.1) is 6.92 Å². The van der Waals surface area contributed by atoms with Crippen molar-refractivity contribution < 1.29 is 9.59 Å². The Kier molecular flexibility index (Phi) is 6.21. The van der Waals surface area contributed by atoms with Crippen molar-refractivity contribution in [3.63, 3.8) is 0 Å². The van der Waals surface area contributed by atoms with E-state index in [1.165, 1.54) is 30.6 Å². The van der Waals surface area contributed by atoms with Crippen molar-refractivity contribution in [1.82, 2.24) is 19.6 Å². The zero-order valence-electron chi connectivity index (χ0n) is 19.3. The van der Waals surface area contributed by atoms with Gasteiger partial charge in [0.1, 0.15) is 4.83 Å². The number of thiophene rings is 1. The summed E-state index contributed by atoms with van der Waals surface area (Å²) >= 11 is 1.52. The second-order valence-electron chi connectivity index (χ2n) is 9.28. The molecule has 2 amide bonds. The number of amides is 2. The highest BCUT2D eigenvalue weighted by atomic mass is 32.1. The number of aryl methyl sites for hydroxylation is 1. The first kappa shape index (κ1) is 22.1. The summed E-state index contributed by atoms with van der Waals surface area (Å²) in [6, 6.07) is 9.61. The molecule has 0 unspecified atom stereocenters. The Balaban J connectivity index is 1.28. The lowest BCUT2D eigenvalue weighted by Gasteiger charge is -2.32. The number of aromatic nitrogens is 2. The molecular formula is C25H31N5O2S. The van der Waals surface area contributed by atoms with Crippen LogP contribution in [0.25, 0.3) is 10.2 Å². The Bertz CT molecular complexity index is 1150. The lowest BCUT2D eigenvalue weighted by Crippen LogP contribution is -2.47. The number of fused-ring (bicyclic) bond motifs is 1. The normalized spacial score (nSPS) is 18.1. The minimum Gasteiger partial charge on any atom is -0.336 e. The highest BCUT2D eigenvalue weighted by Crippen LogP contribution is 2.35. The summed E-state index contributed by atoms with van der Waals surface area (Å²) in [4.78, 5) is 31.6. The molecular weight excluding hydrogens is 434 g/mol. The van der Waals surface area contributed by atoms with E-state index in [1.54, 1.807) is 12.1 Å². The smallest absolute Gasteiger partial charge is 0.265 e. The highest BCUT2D eigenvalue weighted by Gasteiger charge is 2.23. The molecule has 2 aromatic heterocycles. The summed E-state index contributed by atoms with van der Waals surface area (Å²) in [7, 11) is 2.07. The number of nitrogens with one attached hydrogen (secondary N) is 1. The molecule has 0 bridgehead atoms. The van der Waals surface area contributed by atoms with Crippen LogP contribution in [0.4, 0.5) is 5.69 Å². The van der Waals surface area contributed by atoms with Crippen LogP contribution < -0.4 is 5.32 Å². The monoisotopic (exact) mass is 465 g/mol. The van der Waals surface area contributed by atoms with Crippen molar-refractivity contribution >= 4 is 39.1 Å². The number of carbonyl (C=O) groups is 2. The number of piperazine rings is 1. The van der Waals surface area contributed by atoms with E-state index in [1.807, 2.05) is 30.0 Å². The molecule has 7 nitrogen and oxygen atoms in total. The molecule has 1 aromatic carbocycles. The summed E-state index contributed by atoms with van der Waals surface area (Å²) in [6.45, 7) is 5.31. The molecule has 5 rings (SSSR count). The molecule has 1 saturated carbocycles. The van der Waals surface area contributed by atoms with Crippen molar-refractivity contribution in [2.75, 3.05) is 38.5 Å². The van der Waals surface area contributed by atoms with Crippen molar-refractivity contribution in [2.24, 2.45) is 0 Å². The molecule has 1 N–H and O–H groups in total. The van der Waals surface area contributed by atoms with E-state index in [2.05, 4.69) is 21.9 Å². The van der Waals surface area contributed by atoms with Crippen LogP contribution in [0.3, 0.4) is 0 Å². The van der Waals surface area contributed by atoms with Crippen molar-refractivity contribution in [2.45, 2.75) is 45.1 Å². The van der Waals surface area contributed by atoms with Crippen LogP contribution in [0.15, 0.2) is 30.3 Å². The Morgan fingerprint density at radius 3 is 2.42 bits per heavy atom. The third kappa shape index (κ3) is 4.54. The number of benzene rings is 1. The predicted molar refractivity (Wildman–Crippen MR) is 132 cm³/mol. The number of carbonyl (C=O) groups excluding carboxylic acids is 2.